The highest BCUT2D eigenvalue weighted by Crippen LogP contribution is 2.32. The maximum atomic E-state index is 6.10. The molecule has 1 aliphatic carbocycles. The van der Waals surface area contributed by atoms with Gasteiger partial charge in [0.05, 0.1) is 6.61 Å². The quantitative estimate of drug-likeness (QED) is 0.568. The fourth-order valence-electron chi connectivity index (χ4n) is 3.12. The van der Waals surface area contributed by atoms with Gasteiger partial charge in [-0.05, 0) is 79.1 Å². The summed E-state index contributed by atoms with van der Waals surface area (Å²) in [5.74, 6) is 7.82. The average molecular weight is 403 g/mol. The van der Waals surface area contributed by atoms with Gasteiger partial charge in [-0.3, -0.25) is 0 Å². The fourth-order valence-corrected chi connectivity index (χ4v) is 3.25. The number of benzene rings is 2. The van der Waals surface area contributed by atoms with Gasteiger partial charge in [0.15, 0.2) is 0 Å². The molecule has 2 aromatic carbocycles. The minimum atomic E-state index is 0.277. The summed E-state index contributed by atoms with van der Waals surface area (Å²) in [5.41, 5.74) is 9.88. The van der Waals surface area contributed by atoms with Crippen molar-refractivity contribution in [3.63, 3.8) is 0 Å². The van der Waals surface area contributed by atoms with E-state index in [0.717, 1.165) is 39.6 Å². The molecule has 146 valence electrons. The number of pyridine rings is 1. The summed E-state index contributed by atoms with van der Waals surface area (Å²) >= 11 is 5.94. The third kappa shape index (κ3) is 5.60. The molecule has 3 nitrogen and oxygen atoms in total. The van der Waals surface area contributed by atoms with Gasteiger partial charge in [0.1, 0.15) is 11.4 Å². The molecule has 1 fully saturated rings. The van der Waals surface area contributed by atoms with E-state index in [1.54, 1.807) is 0 Å². The standard InChI is InChI=1S/C25H23ClN2O/c26-22-9-6-19(7-10-22)21-8-12-23(28-17-21)11-1-18-2-13-24(14-3-18)29-16-15-25(27)20-4-5-20/h2-3,6-10,12-14,17,20,25H,4-5,15-16,27H2. The van der Waals surface area contributed by atoms with Crippen molar-refractivity contribution in [1.82, 2.24) is 4.98 Å². The molecule has 0 bridgehead atoms. The number of hydrogen-bond acceptors (Lipinski definition) is 3. The van der Waals surface area contributed by atoms with E-state index in [9.17, 15) is 0 Å². The van der Waals surface area contributed by atoms with Gasteiger partial charge < -0.3 is 10.5 Å². The van der Waals surface area contributed by atoms with E-state index >= 15 is 0 Å². The van der Waals surface area contributed by atoms with Crippen LogP contribution in [0.15, 0.2) is 66.9 Å². The Kier molecular flexibility index (Phi) is 6.14. The van der Waals surface area contributed by atoms with Crippen molar-refractivity contribution in [3.05, 3.63) is 83.1 Å². The Morgan fingerprint density at radius 1 is 0.966 bits per heavy atom. The Morgan fingerprint density at radius 2 is 1.69 bits per heavy atom. The number of aromatic nitrogens is 1. The molecule has 29 heavy (non-hydrogen) atoms. The van der Waals surface area contributed by atoms with Gasteiger partial charge in [-0.25, -0.2) is 4.98 Å². The molecule has 0 spiro atoms. The third-order valence-electron chi connectivity index (χ3n) is 5.08. The van der Waals surface area contributed by atoms with Crippen molar-refractivity contribution in [2.75, 3.05) is 6.61 Å². The second kappa shape index (κ2) is 9.13. The summed E-state index contributed by atoms with van der Waals surface area (Å²) < 4.78 is 5.79. The highest BCUT2D eigenvalue weighted by molar-refractivity contribution is 6.30. The van der Waals surface area contributed by atoms with E-state index in [-0.39, 0.29) is 6.04 Å². The molecule has 4 heteroatoms. The highest BCUT2D eigenvalue weighted by Gasteiger charge is 2.27. The molecule has 1 heterocycles. The lowest BCUT2D eigenvalue weighted by atomic mass is 10.1. The third-order valence-corrected chi connectivity index (χ3v) is 5.33. The van der Waals surface area contributed by atoms with Crippen LogP contribution in [0.1, 0.15) is 30.5 Å². The molecular formula is C25H23ClN2O. The zero-order valence-electron chi connectivity index (χ0n) is 16.1. The van der Waals surface area contributed by atoms with Crippen LogP contribution in [0, 0.1) is 17.8 Å². The van der Waals surface area contributed by atoms with E-state index in [2.05, 4.69) is 16.8 Å². The Bertz CT molecular complexity index is 998. The van der Waals surface area contributed by atoms with Crippen molar-refractivity contribution >= 4 is 11.6 Å². The van der Waals surface area contributed by atoms with E-state index in [1.165, 1.54) is 12.8 Å². The summed E-state index contributed by atoms with van der Waals surface area (Å²) in [7, 11) is 0. The van der Waals surface area contributed by atoms with E-state index in [0.29, 0.717) is 12.5 Å². The van der Waals surface area contributed by atoms with E-state index < -0.39 is 0 Å². The monoisotopic (exact) mass is 402 g/mol. The largest absolute Gasteiger partial charge is 0.494 e. The topological polar surface area (TPSA) is 48.1 Å². The first-order chi connectivity index (χ1) is 14.2. The normalized spacial score (nSPS) is 14.0. The van der Waals surface area contributed by atoms with Gasteiger partial charge in [0.2, 0.25) is 0 Å². The Balaban J connectivity index is 1.32. The van der Waals surface area contributed by atoms with Crippen LogP contribution in [-0.2, 0) is 0 Å². The Morgan fingerprint density at radius 3 is 2.34 bits per heavy atom. The SMILES string of the molecule is NC(CCOc1ccc(C#Cc2ccc(-c3ccc(Cl)cc3)cn2)cc1)C1CC1. The van der Waals surface area contributed by atoms with Crippen LogP contribution in [-0.4, -0.2) is 17.6 Å². The van der Waals surface area contributed by atoms with Crippen LogP contribution in [0.5, 0.6) is 5.75 Å². The zero-order valence-corrected chi connectivity index (χ0v) is 16.9. The minimum Gasteiger partial charge on any atom is -0.494 e. The predicted molar refractivity (Wildman–Crippen MR) is 118 cm³/mol. The van der Waals surface area contributed by atoms with Gasteiger partial charge >= 0.3 is 0 Å². The number of nitrogens with two attached hydrogens (primary N) is 1. The number of halogens is 1. The van der Waals surface area contributed by atoms with Crippen LogP contribution < -0.4 is 10.5 Å². The van der Waals surface area contributed by atoms with Gasteiger partial charge in [0, 0.05) is 28.4 Å². The van der Waals surface area contributed by atoms with Crippen LogP contribution in [0.25, 0.3) is 11.1 Å². The molecule has 1 saturated carbocycles. The van der Waals surface area contributed by atoms with Crippen LogP contribution >= 0.6 is 11.6 Å². The number of ether oxygens (including phenoxy) is 1. The van der Waals surface area contributed by atoms with Crippen molar-refractivity contribution in [3.8, 4) is 28.7 Å². The van der Waals surface area contributed by atoms with E-state index in [4.69, 9.17) is 22.1 Å². The smallest absolute Gasteiger partial charge is 0.119 e. The van der Waals surface area contributed by atoms with Gasteiger partial charge in [0.25, 0.3) is 0 Å². The Labute approximate surface area is 176 Å². The summed E-state index contributed by atoms with van der Waals surface area (Å²) in [4.78, 5) is 4.44. The molecule has 1 atom stereocenters. The van der Waals surface area contributed by atoms with Crippen molar-refractivity contribution < 1.29 is 4.74 Å². The summed E-state index contributed by atoms with van der Waals surface area (Å²) in [6.45, 7) is 0.659. The number of rotatable bonds is 6. The highest BCUT2D eigenvalue weighted by atomic mass is 35.5. The summed E-state index contributed by atoms with van der Waals surface area (Å²) in [6.07, 6.45) is 5.28. The predicted octanol–water partition coefficient (Wildman–Crippen LogP) is 5.31. The van der Waals surface area contributed by atoms with Gasteiger partial charge in [-0.1, -0.05) is 35.7 Å². The maximum Gasteiger partial charge on any atom is 0.119 e. The molecule has 1 unspecified atom stereocenters. The Hall–Kier alpha value is -2.80. The van der Waals surface area contributed by atoms with Crippen molar-refractivity contribution in [2.24, 2.45) is 11.7 Å². The first-order valence-electron chi connectivity index (χ1n) is 9.90. The van der Waals surface area contributed by atoms with Crippen LogP contribution in [0.4, 0.5) is 0 Å². The fraction of sp³-hybridized carbons (Fsp3) is 0.240. The second-order valence-corrected chi connectivity index (χ2v) is 7.79. The zero-order chi connectivity index (χ0) is 20.1. The van der Waals surface area contributed by atoms with Crippen LogP contribution in [0.2, 0.25) is 5.02 Å². The van der Waals surface area contributed by atoms with Crippen molar-refractivity contribution in [1.29, 1.82) is 0 Å². The molecule has 0 amide bonds. The van der Waals surface area contributed by atoms with Crippen LogP contribution in [0.3, 0.4) is 0 Å². The first-order valence-corrected chi connectivity index (χ1v) is 10.3. The molecule has 3 aromatic rings. The number of hydrogen-bond donors (Lipinski definition) is 1. The lowest BCUT2D eigenvalue weighted by Crippen LogP contribution is -2.24. The van der Waals surface area contributed by atoms with Gasteiger partial charge in [-0.2, -0.15) is 0 Å². The lowest BCUT2D eigenvalue weighted by Gasteiger charge is -2.11. The molecule has 1 aliphatic rings. The summed E-state index contributed by atoms with van der Waals surface area (Å²) in [6, 6.07) is 19.8. The molecule has 2 N–H and O–H groups in total. The molecule has 0 saturated heterocycles. The number of nitrogens with zero attached hydrogens (tertiary/aromatic N) is 1. The molecular weight excluding hydrogens is 380 g/mol. The van der Waals surface area contributed by atoms with E-state index in [1.807, 2.05) is 66.9 Å². The molecule has 4 rings (SSSR count). The molecule has 0 aliphatic heterocycles. The molecule has 0 radical (unpaired) electrons. The minimum absolute atomic E-state index is 0.277. The van der Waals surface area contributed by atoms with Crippen molar-refractivity contribution in [2.45, 2.75) is 25.3 Å². The maximum absolute atomic E-state index is 6.10. The average Bonchev–Trinajstić information content (AvgIpc) is 3.60. The van der Waals surface area contributed by atoms with Gasteiger partial charge in [-0.15, -0.1) is 0 Å². The lowest BCUT2D eigenvalue weighted by molar-refractivity contribution is 0.291. The first kappa shape index (κ1) is 19.5. The molecule has 1 aromatic heterocycles. The summed E-state index contributed by atoms with van der Waals surface area (Å²) in [5, 5.41) is 0.724. The second-order valence-electron chi connectivity index (χ2n) is 7.35.